The summed E-state index contributed by atoms with van der Waals surface area (Å²) in [6.07, 6.45) is 3.58. The predicted octanol–water partition coefficient (Wildman–Crippen LogP) is 0.233. The lowest BCUT2D eigenvalue weighted by atomic mass is 10.3. The molecule has 4 nitrogen and oxygen atoms in total. The van der Waals surface area contributed by atoms with E-state index < -0.39 is 0 Å². The fourth-order valence-electron chi connectivity index (χ4n) is 1.94. The number of nitrogens with one attached hydrogen (secondary N) is 1. The van der Waals surface area contributed by atoms with E-state index in [1.165, 1.54) is 12.8 Å². The van der Waals surface area contributed by atoms with Gasteiger partial charge in [-0.25, -0.2) is 0 Å². The predicted molar refractivity (Wildman–Crippen MR) is 57.6 cm³/mol. The number of likely N-dealkylation sites (tertiary alicyclic amines) is 1. The number of carbonyl (C=O) groups excluding carboxylic acids is 1. The summed E-state index contributed by atoms with van der Waals surface area (Å²) in [6.45, 7) is 3.21. The van der Waals surface area contributed by atoms with Gasteiger partial charge in [0.2, 0.25) is 5.91 Å². The third kappa shape index (κ3) is 2.92. The first-order chi connectivity index (χ1) is 7.31. The highest BCUT2D eigenvalue weighted by molar-refractivity contribution is 5.83. The van der Waals surface area contributed by atoms with Gasteiger partial charge in [0.15, 0.2) is 0 Å². The Balaban J connectivity index is 1.60. The van der Waals surface area contributed by atoms with Crippen molar-refractivity contribution in [1.29, 1.82) is 0 Å². The van der Waals surface area contributed by atoms with E-state index in [0.717, 1.165) is 32.0 Å². The Bertz CT molecular complexity index is 229. The molecule has 0 radical (unpaired) electrons. The monoisotopic (exact) mass is 212 g/mol. The number of amides is 1. The van der Waals surface area contributed by atoms with Crippen LogP contribution < -0.4 is 5.32 Å². The van der Waals surface area contributed by atoms with Crippen molar-refractivity contribution in [1.82, 2.24) is 10.2 Å². The lowest BCUT2D eigenvalue weighted by molar-refractivity contribution is -0.129. The first-order valence-electron chi connectivity index (χ1n) is 5.85. The van der Waals surface area contributed by atoms with Crippen LogP contribution in [0.5, 0.6) is 0 Å². The molecule has 2 fully saturated rings. The van der Waals surface area contributed by atoms with Gasteiger partial charge in [-0.2, -0.15) is 0 Å². The molecule has 4 heteroatoms. The van der Waals surface area contributed by atoms with Crippen LogP contribution in [0.15, 0.2) is 0 Å². The van der Waals surface area contributed by atoms with E-state index >= 15 is 0 Å². The second-order valence-electron chi connectivity index (χ2n) is 4.47. The first-order valence-corrected chi connectivity index (χ1v) is 5.85. The third-order valence-electron chi connectivity index (χ3n) is 3.20. The maximum absolute atomic E-state index is 11.7. The molecule has 1 unspecified atom stereocenters. The van der Waals surface area contributed by atoms with Crippen molar-refractivity contribution >= 4 is 5.91 Å². The number of rotatable bonds is 6. The lowest BCUT2D eigenvalue weighted by Crippen LogP contribution is -2.37. The number of hydrogen-bond donors (Lipinski definition) is 1. The zero-order chi connectivity index (χ0) is 10.7. The summed E-state index contributed by atoms with van der Waals surface area (Å²) in [7, 11) is 1.84. The summed E-state index contributed by atoms with van der Waals surface area (Å²) < 4.78 is 5.52. The Hall–Kier alpha value is -0.610. The number of ether oxygens (including phenoxy) is 1. The quantitative estimate of drug-likeness (QED) is 0.641. The molecule has 0 aromatic carbocycles. The van der Waals surface area contributed by atoms with Gasteiger partial charge in [0.05, 0.1) is 12.6 Å². The smallest absolute Gasteiger partial charge is 0.239 e. The molecule has 2 aliphatic rings. The van der Waals surface area contributed by atoms with Crippen LogP contribution in [0.3, 0.4) is 0 Å². The van der Waals surface area contributed by atoms with Crippen LogP contribution in [-0.4, -0.2) is 50.2 Å². The van der Waals surface area contributed by atoms with Crippen LogP contribution in [0.1, 0.15) is 19.3 Å². The van der Waals surface area contributed by atoms with Crippen molar-refractivity contribution in [2.24, 2.45) is 5.92 Å². The van der Waals surface area contributed by atoms with E-state index in [2.05, 4.69) is 5.32 Å². The van der Waals surface area contributed by atoms with Gasteiger partial charge in [-0.05, 0) is 32.2 Å². The molecule has 0 spiro atoms. The van der Waals surface area contributed by atoms with Crippen molar-refractivity contribution in [3.05, 3.63) is 0 Å². The highest BCUT2D eigenvalue weighted by atomic mass is 16.5. The minimum absolute atomic E-state index is 0.0356. The topological polar surface area (TPSA) is 41.6 Å². The molecule has 1 aliphatic heterocycles. The molecule has 0 aromatic heterocycles. The molecule has 0 bridgehead atoms. The molecule has 1 atom stereocenters. The van der Waals surface area contributed by atoms with Gasteiger partial charge < -0.3 is 15.0 Å². The lowest BCUT2D eigenvalue weighted by Gasteiger charge is -2.16. The van der Waals surface area contributed by atoms with Gasteiger partial charge in [0, 0.05) is 19.7 Å². The molecule has 1 aliphatic carbocycles. The van der Waals surface area contributed by atoms with E-state index in [-0.39, 0.29) is 11.9 Å². The van der Waals surface area contributed by atoms with E-state index in [4.69, 9.17) is 4.74 Å². The van der Waals surface area contributed by atoms with Gasteiger partial charge in [-0.3, -0.25) is 4.79 Å². The second kappa shape index (κ2) is 4.94. The minimum Gasteiger partial charge on any atom is -0.379 e. The molecule has 1 saturated heterocycles. The summed E-state index contributed by atoms with van der Waals surface area (Å²) in [5.41, 5.74) is 0. The van der Waals surface area contributed by atoms with E-state index in [9.17, 15) is 4.79 Å². The third-order valence-corrected chi connectivity index (χ3v) is 3.20. The zero-order valence-electron chi connectivity index (χ0n) is 9.37. The standard InChI is InChI=1S/C11H20N2O2/c1-12-10-4-5-13(11(10)14)6-7-15-8-9-2-3-9/h9-10,12H,2-8H2,1H3. The fraction of sp³-hybridized carbons (Fsp3) is 0.909. The van der Waals surface area contributed by atoms with Crippen LogP contribution >= 0.6 is 0 Å². The van der Waals surface area contributed by atoms with Gasteiger partial charge in [-0.1, -0.05) is 0 Å². The number of carbonyl (C=O) groups is 1. The highest BCUT2D eigenvalue weighted by Gasteiger charge is 2.29. The van der Waals surface area contributed by atoms with Crippen LogP contribution in [0.25, 0.3) is 0 Å². The summed E-state index contributed by atoms with van der Waals surface area (Å²) >= 11 is 0. The summed E-state index contributed by atoms with van der Waals surface area (Å²) in [4.78, 5) is 13.6. The normalized spacial score (nSPS) is 26.3. The summed E-state index contributed by atoms with van der Waals surface area (Å²) in [5.74, 6) is 1.04. The van der Waals surface area contributed by atoms with Crippen molar-refractivity contribution in [3.8, 4) is 0 Å². The average molecular weight is 212 g/mol. The summed E-state index contributed by atoms with van der Waals surface area (Å²) in [6, 6.07) is 0.0356. The van der Waals surface area contributed by atoms with E-state index in [0.29, 0.717) is 6.61 Å². The van der Waals surface area contributed by atoms with Crippen LogP contribution in [0.4, 0.5) is 0 Å². The second-order valence-corrected chi connectivity index (χ2v) is 4.47. The molecular weight excluding hydrogens is 192 g/mol. The molecule has 15 heavy (non-hydrogen) atoms. The molecule has 1 N–H and O–H groups in total. The maximum Gasteiger partial charge on any atom is 0.239 e. The molecule has 2 rings (SSSR count). The van der Waals surface area contributed by atoms with Crippen molar-refractivity contribution in [3.63, 3.8) is 0 Å². The number of nitrogens with zero attached hydrogens (tertiary/aromatic N) is 1. The van der Waals surface area contributed by atoms with Crippen molar-refractivity contribution in [2.45, 2.75) is 25.3 Å². The largest absolute Gasteiger partial charge is 0.379 e. The van der Waals surface area contributed by atoms with Gasteiger partial charge in [0.1, 0.15) is 0 Å². The summed E-state index contributed by atoms with van der Waals surface area (Å²) in [5, 5.41) is 3.03. The minimum atomic E-state index is 0.0356. The Morgan fingerprint density at radius 3 is 2.87 bits per heavy atom. The van der Waals surface area contributed by atoms with E-state index in [1.54, 1.807) is 0 Å². The van der Waals surface area contributed by atoms with Crippen LogP contribution in [-0.2, 0) is 9.53 Å². The van der Waals surface area contributed by atoms with Crippen LogP contribution in [0.2, 0.25) is 0 Å². The van der Waals surface area contributed by atoms with E-state index in [1.807, 2.05) is 11.9 Å². The molecular formula is C11H20N2O2. The highest BCUT2D eigenvalue weighted by Crippen LogP contribution is 2.28. The average Bonchev–Trinajstić information content (AvgIpc) is 2.99. The van der Waals surface area contributed by atoms with Crippen molar-refractivity contribution < 1.29 is 9.53 Å². The maximum atomic E-state index is 11.7. The Labute approximate surface area is 91.0 Å². The Morgan fingerprint density at radius 2 is 2.27 bits per heavy atom. The number of hydrogen-bond acceptors (Lipinski definition) is 3. The Morgan fingerprint density at radius 1 is 1.47 bits per heavy atom. The molecule has 1 amide bonds. The molecule has 1 saturated carbocycles. The fourth-order valence-corrected chi connectivity index (χ4v) is 1.94. The van der Waals surface area contributed by atoms with Crippen LogP contribution in [0, 0.1) is 5.92 Å². The number of likely N-dealkylation sites (N-methyl/N-ethyl adjacent to an activating group) is 1. The van der Waals surface area contributed by atoms with Gasteiger partial charge >= 0.3 is 0 Å². The Kier molecular flexibility index (Phi) is 3.59. The first kappa shape index (κ1) is 10.9. The molecule has 86 valence electrons. The van der Waals surface area contributed by atoms with Gasteiger partial charge in [-0.15, -0.1) is 0 Å². The SMILES string of the molecule is CNC1CCN(CCOCC2CC2)C1=O. The molecule has 1 heterocycles. The van der Waals surface area contributed by atoms with Gasteiger partial charge in [0.25, 0.3) is 0 Å². The zero-order valence-corrected chi connectivity index (χ0v) is 9.37. The van der Waals surface area contributed by atoms with Crippen molar-refractivity contribution in [2.75, 3.05) is 33.4 Å². The molecule has 0 aromatic rings.